The molecule has 1 aromatic heterocycles. The van der Waals surface area contributed by atoms with Crippen molar-refractivity contribution in [3.8, 4) is 0 Å². The molecule has 16 heavy (non-hydrogen) atoms. The van der Waals surface area contributed by atoms with Gasteiger partial charge in [0.15, 0.2) is 5.16 Å². The van der Waals surface area contributed by atoms with Crippen molar-refractivity contribution in [3.05, 3.63) is 60.4 Å². The van der Waals surface area contributed by atoms with Gasteiger partial charge in [-0.1, -0.05) is 48.2 Å². The van der Waals surface area contributed by atoms with Gasteiger partial charge in [0.25, 0.3) is 0 Å². The molecule has 0 aliphatic heterocycles. The monoisotopic (exact) mass is 230 g/mol. The van der Waals surface area contributed by atoms with Crippen LogP contribution < -0.4 is 0 Å². The number of rotatable bonds is 5. The van der Waals surface area contributed by atoms with Crippen LogP contribution in [0.25, 0.3) is 0 Å². The molecular formula is C13H14N2S. The van der Waals surface area contributed by atoms with Crippen LogP contribution >= 0.6 is 11.8 Å². The quantitative estimate of drug-likeness (QED) is 0.631. The Morgan fingerprint density at radius 1 is 1.31 bits per heavy atom. The van der Waals surface area contributed by atoms with Crippen LogP contribution in [0, 0.1) is 0 Å². The van der Waals surface area contributed by atoms with Crippen molar-refractivity contribution in [2.75, 3.05) is 5.75 Å². The molecule has 82 valence electrons. The maximum Gasteiger partial charge on any atom is 0.165 e. The van der Waals surface area contributed by atoms with Gasteiger partial charge in [-0.25, -0.2) is 4.98 Å². The fraction of sp³-hybridized carbons (Fsp3) is 0.154. The topological polar surface area (TPSA) is 28.7 Å². The van der Waals surface area contributed by atoms with Crippen LogP contribution in [0.2, 0.25) is 0 Å². The molecule has 2 aromatic rings. The number of benzene rings is 1. The van der Waals surface area contributed by atoms with Crippen molar-refractivity contribution in [1.29, 1.82) is 0 Å². The molecule has 0 radical (unpaired) electrons. The lowest BCUT2D eigenvalue weighted by Gasteiger charge is -1.97. The molecule has 0 bridgehead atoms. The maximum absolute atomic E-state index is 4.31. The Labute approximate surface area is 99.8 Å². The summed E-state index contributed by atoms with van der Waals surface area (Å²) in [6.07, 6.45) is 4.69. The van der Waals surface area contributed by atoms with Crippen LogP contribution in [-0.2, 0) is 6.42 Å². The van der Waals surface area contributed by atoms with Crippen LogP contribution in [0.4, 0.5) is 0 Å². The third kappa shape index (κ3) is 3.00. The lowest BCUT2D eigenvalue weighted by atomic mass is 10.1. The van der Waals surface area contributed by atoms with E-state index in [1.807, 2.05) is 18.3 Å². The van der Waals surface area contributed by atoms with Gasteiger partial charge in [-0.3, -0.25) is 0 Å². The van der Waals surface area contributed by atoms with Gasteiger partial charge in [0.05, 0.1) is 0 Å². The van der Waals surface area contributed by atoms with E-state index >= 15 is 0 Å². The summed E-state index contributed by atoms with van der Waals surface area (Å²) in [6.45, 7) is 3.69. The summed E-state index contributed by atoms with van der Waals surface area (Å²) >= 11 is 1.67. The van der Waals surface area contributed by atoms with Crippen LogP contribution in [0.5, 0.6) is 0 Å². The van der Waals surface area contributed by atoms with E-state index < -0.39 is 0 Å². The molecule has 1 N–H and O–H groups in total. The number of aromatic nitrogens is 2. The molecule has 2 rings (SSSR count). The smallest absolute Gasteiger partial charge is 0.165 e. The normalized spacial score (nSPS) is 10.2. The summed E-state index contributed by atoms with van der Waals surface area (Å²) in [6, 6.07) is 10.4. The van der Waals surface area contributed by atoms with E-state index in [9.17, 15) is 0 Å². The fourth-order valence-electron chi connectivity index (χ4n) is 1.46. The number of aromatic amines is 1. The third-order valence-corrected chi connectivity index (χ3v) is 3.06. The molecule has 0 amide bonds. The number of H-pyrrole nitrogens is 1. The first kappa shape index (κ1) is 11.0. The molecule has 1 aromatic carbocycles. The second kappa shape index (κ2) is 5.56. The first-order valence-corrected chi connectivity index (χ1v) is 6.18. The van der Waals surface area contributed by atoms with Crippen molar-refractivity contribution in [3.63, 3.8) is 0 Å². The summed E-state index contributed by atoms with van der Waals surface area (Å²) < 4.78 is 0. The van der Waals surface area contributed by atoms with Crippen LogP contribution in [-0.4, -0.2) is 15.7 Å². The van der Waals surface area contributed by atoms with Gasteiger partial charge in [0, 0.05) is 24.1 Å². The van der Waals surface area contributed by atoms with Crippen LogP contribution in [0.15, 0.2) is 54.3 Å². The van der Waals surface area contributed by atoms with Gasteiger partial charge in [-0.2, -0.15) is 0 Å². The van der Waals surface area contributed by atoms with Crippen LogP contribution in [0.1, 0.15) is 11.3 Å². The predicted octanol–water partition coefficient (Wildman–Crippen LogP) is 3.28. The van der Waals surface area contributed by atoms with E-state index in [4.69, 9.17) is 0 Å². The molecule has 0 saturated heterocycles. The van der Waals surface area contributed by atoms with Gasteiger partial charge in [-0.15, -0.1) is 6.58 Å². The SMILES string of the molecule is C=CCSc1ncc(Cc2ccccc2)[nH]1. The zero-order chi connectivity index (χ0) is 11.2. The molecule has 0 spiro atoms. The van der Waals surface area contributed by atoms with Gasteiger partial charge < -0.3 is 4.98 Å². The van der Waals surface area contributed by atoms with Crippen molar-refractivity contribution in [2.24, 2.45) is 0 Å². The van der Waals surface area contributed by atoms with Gasteiger partial charge in [0.2, 0.25) is 0 Å². The Balaban J connectivity index is 2.00. The Bertz CT molecular complexity index is 448. The molecule has 3 heteroatoms. The third-order valence-electron chi connectivity index (χ3n) is 2.18. The van der Waals surface area contributed by atoms with E-state index in [0.717, 1.165) is 23.0 Å². The van der Waals surface area contributed by atoms with Gasteiger partial charge in [-0.05, 0) is 5.56 Å². The molecule has 0 aliphatic rings. The summed E-state index contributed by atoms with van der Waals surface area (Å²) in [5.41, 5.74) is 2.45. The number of hydrogen-bond acceptors (Lipinski definition) is 2. The molecular weight excluding hydrogens is 216 g/mol. The number of imidazole rings is 1. The average Bonchev–Trinajstić information content (AvgIpc) is 2.75. The first-order valence-electron chi connectivity index (χ1n) is 5.20. The maximum atomic E-state index is 4.31. The van der Waals surface area contributed by atoms with E-state index in [0.29, 0.717) is 0 Å². The molecule has 1 heterocycles. The second-order valence-electron chi connectivity index (χ2n) is 3.48. The van der Waals surface area contributed by atoms with Gasteiger partial charge >= 0.3 is 0 Å². The molecule has 0 fully saturated rings. The van der Waals surface area contributed by atoms with Gasteiger partial charge in [0.1, 0.15) is 0 Å². The lowest BCUT2D eigenvalue weighted by molar-refractivity contribution is 1.01. The van der Waals surface area contributed by atoms with Crippen molar-refractivity contribution < 1.29 is 0 Å². The minimum atomic E-state index is 0.887. The Hall–Kier alpha value is -1.48. The standard InChI is InChI=1S/C13H14N2S/c1-2-8-16-13-14-10-12(15-13)9-11-6-4-3-5-7-11/h2-7,10H,1,8-9H2,(H,14,15). The predicted molar refractivity (Wildman–Crippen MR) is 68.8 cm³/mol. The minimum absolute atomic E-state index is 0.887. The van der Waals surface area contributed by atoms with E-state index in [1.165, 1.54) is 5.56 Å². The molecule has 0 atom stereocenters. The number of hydrogen-bond donors (Lipinski definition) is 1. The summed E-state index contributed by atoms with van der Waals surface area (Å²) in [7, 11) is 0. The Morgan fingerprint density at radius 3 is 2.88 bits per heavy atom. The average molecular weight is 230 g/mol. The van der Waals surface area contributed by atoms with E-state index in [2.05, 4.69) is 40.8 Å². The van der Waals surface area contributed by atoms with Crippen molar-refractivity contribution in [2.45, 2.75) is 11.6 Å². The van der Waals surface area contributed by atoms with Crippen molar-refractivity contribution >= 4 is 11.8 Å². The number of nitrogens with zero attached hydrogens (tertiary/aromatic N) is 1. The lowest BCUT2D eigenvalue weighted by Crippen LogP contribution is -1.87. The summed E-state index contributed by atoms with van der Waals surface area (Å²) in [5, 5.41) is 0.964. The highest BCUT2D eigenvalue weighted by Crippen LogP contribution is 2.15. The summed E-state index contributed by atoms with van der Waals surface area (Å²) in [4.78, 5) is 7.61. The molecule has 0 aliphatic carbocycles. The van der Waals surface area contributed by atoms with E-state index in [-0.39, 0.29) is 0 Å². The zero-order valence-electron chi connectivity index (χ0n) is 9.02. The fourth-order valence-corrected chi connectivity index (χ4v) is 2.06. The highest BCUT2D eigenvalue weighted by Gasteiger charge is 2.01. The van der Waals surface area contributed by atoms with Crippen molar-refractivity contribution in [1.82, 2.24) is 9.97 Å². The second-order valence-corrected chi connectivity index (χ2v) is 4.48. The minimum Gasteiger partial charge on any atom is -0.337 e. The molecule has 0 unspecified atom stereocenters. The number of nitrogens with one attached hydrogen (secondary N) is 1. The molecule has 0 saturated carbocycles. The highest BCUT2D eigenvalue weighted by atomic mass is 32.2. The number of thioether (sulfide) groups is 1. The largest absolute Gasteiger partial charge is 0.337 e. The van der Waals surface area contributed by atoms with Crippen LogP contribution in [0.3, 0.4) is 0 Å². The first-order chi connectivity index (χ1) is 7.88. The zero-order valence-corrected chi connectivity index (χ0v) is 9.83. The Kier molecular flexibility index (Phi) is 3.83. The molecule has 2 nitrogen and oxygen atoms in total. The Morgan fingerprint density at radius 2 is 2.12 bits per heavy atom. The highest BCUT2D eigenvalue weighted by molar-refractivity contribution is 7.99. The summed E-state index contributed by atoms with van der Waals surface area (Å²) in [5.74, 6) is 0.887. The van der Waals surface area contributed by atoms with E-state index in [1.54, 1.807) is 11.8 Å².